The van der Waals surface area contributed by atoms with E-state index in [1.807, 2.05) is 30.3 Å². The van der Waals surface area contributed by atoms with E-state index in [0.717, 1.165) is 5.69 Å². The van der Waals surface area contributed by atoms with Gasteiger partial charge in [-0.05, 0) is 57.2 Å². The number of nitrogens with zero attached hydrogens (tertiary/aromatic N) is 2. The highest BCUT2D eigenvalue weighted by atomic mass is 16.5. The minimum atomic E-state index is -0.969. The van der Waals surface area contributed by atoms with Gasteiger partial charge in [-0.25, -0.2) is 9.48 Å². The average molecular weight is 393 g/mol. The number of rotatable bonds is 6. The Morgan fingerprint density at radius 2 is 1.69 bits per heavy atom. The van der Waals surface area contributed by atoms with Gasteiger partial charge in [0.2, 0.25) is 0 Å². The largest absolute Gasteiger partial charge is 0.497 e. The van der Waals surface area contributed by atoms with Crippen LogP contribution in [0.2, 0.25) is 0 Å². The first-order chi connectivity index (χ1) is 13.9. The summed E-state index contributed by atoms with van der Waals surface area (Å²) < 4.78 is 12.2. The van der Waals surface area contributed by atoms with E-state index in [1.54, 1.807) is 49.9 Å². The van der Waals surface area contributed by atoms with Gasteiger partial charge in [0, 0.05) is 5.69 Å². The molecule has 0 saturated carbocycles. The van der Waals surface area contributed by atoms with Gasteiger partial charge in [-0.1, -0.05) is 18.2 Å². The third-order valence-corrected chi connectivity index (χ3v) is 4.51. The fourth-order valence-corrected chi connectivity index (χ4v) is 2.95. The number of carbonyl (C=O) groups excluding carboxylic acids is 2. The highest BCUT2D eigenvalue weighted by Crippen LogP contribution is 2.20. The number of hydrogen-bond donors (Lipinski definition) is 1. The lowest BCUT2D eigenvalue weighted by Crippen LogP contribution is -2.30. The SMILES string of the molecule is COc1ccc(NC(=O)[C@@H](C)OC(=O)c2c(C)nn(-c3ccccc3)c2C)cc1. The van der Waals surface area contributed by atoms with Crippen molar-refractivity contribution in [3.05, 3.63) is 71.5 Å². The van der Waals surface area contributed by atoms with E-state index in [2.05, 4.69) is 10.4 Å². The zero-order valence-electron chi connectivity index (χ0n) is 16.8. The second kappa shape index (κ2) is 8.60. The molecule has 29 heavy (non-hydrogen) atoms. The molecule has 0 aliphatic rings. The van der Waals surface area contributed by atoms with Gasteiger partial charge in [0.05, 0.1) is 24.2 Å². The Morgan fingerprint density at radius 3 is 2.31 bits per heavy atom. The maximum atomic E-state index is 12.7. The predicted octanol–water partition coefficient (Wildman–Crippen LogP) is 3.68. The third-order valence-electron chi connectivity index (χ3n) is 4.51. The van der Waals surface area contributed by atoms with Crippen LogP contribution in [0.1, 0.15) is 28.7 Å². The minimum Gasteiger partial charge on any atom is -0.497 e. The van der Waals surface area contributed by atoms with Crippen molar-refractivity contribution in [2.45, 2.75) is 26.9 Å². The Kier molecular flexibility index (Phi) is 5.97. The van der Waals surface area contributed by atoms with Gasteiger partial charge in [0.1, 0.15) is 11.3 Å². The van der Waals surface area contributed by atoms with Crippen LogP contribution < -0.4 is 10.1 Å². The molecule has 150 valence electrons. The monoisotopic (exact) mass is 393 g/mol. The number of aromatic nitrogens is 2. The van der Waals surface area contributed by atoms with Crippen LogP contribution >= 0.6 is 0 Å². The first-order valence-corrected chi connectivity index (χ1v) is 9.18. The molecule has 0 fully saturated rings. The average Bonchev–Trinajstić information content (AvgIpc) is 3.03. The summed E-state index contributed by atoms with van der Waals surface area (Å²) in [5.41, 5.74) is 2.99. The summed E-state index contributed by atoms with van der Waals surface area (Å²) in [6, 6.07) is 16.4. The Bertz CT molecular complexity index is 1010. The van der Waals surface area contributed by atoms with Crippen LogP contribution in [0, 0.1) is 13.8 Å². The molecule has 2 aromatic carbocycles. The van der Waals surface area contributed by atoms with Crippen LogP contribution in [0.3, 0.4) is 0 Å². The molecule has 7 heteroatoms. The Hall–Kier alpha value is -3.61. The highest BCUT2D eigenvalue weighted by molar-refractivity contribution is 5.98. The molecule has 0 spiro atoms. The second-order valence-corrected chi connectivity index (χ2v) is 6.56. The smallest absolute Gasteiger partial charge is 0.342 e. The van der Waals surface area contributed by atoms with E-state index < -0.39 is 18.0 Å². The maximum absolute atomic E-state index is 12.7. The van der Waals surface area contributed by atoms with E-state index >= 15 is 0 Å². The summed E-state index contributed by atoms with van der Waals surface area (Å²) in [5, 5.41) is 7.16. The summed E-state index contributed by atoms with van der Waals surface area (Å²) in [5.74, 6) is -0.322. The van der Waals surface area contributed by atoms with Crippen molar-refractivity contribution in [3.63, 3.8) is 0 Å². The van der Waals surface area contributed by atoms with Crippen LogP contribution in [0.5, 0.6) is 5.75 Å². The van der Waals surface area contributed by atoms with E-state index in [-0.39, 0.29) is 0 Å². The summed E-state index contributed by atoms with van der Waals surface area (Å²) in [7, 11) is 1.57. The van der Waals surface area contributed by atoms with Crippen molar-refractivity contribution in [3.8, 4) is 11.4 Å². The number of hydrogen-bond acceptors (Lipinski definition) is 5. The molecule has 1 atom stereocenters. The number of nitrogens with one attached hydrogen (secondary N) is 1. The third kappa shape index (κ3) is 4.45. The van der Waals surface area contributed by atoms with Crippen molar-refractivity contribution < 1.29 is 19.1 Å². The molecular formula is C22H23N3O4. The molecule has 0 radical (unpaired) electrons. The Morgan fingerprint density at radius 1 is 1.03 bits per heavy atom. The maximum Gasteiger partial charge on any atom is 0.342 e. The van der Waals surface area contributed by atoms with E-state index in [9.17, 15) is 9.59 Å². The number of aryl methyl sites for hydroxylation is 1. The summed E-state index contributed by atoms with van der Waals surface area (Å²) in [6.45, 7) is 5.07. The number of esters is 1. The molecule has 1 N–H and O–H groups in total. The van der Waals surface area contributed by atoms with Gasteiger partial charge in [-0.2, -0.15) is 5.10 Å². The van der Waals surface area contributed by atoms with Gasteiger partial charge >= 0.3 is 5.97 Å². The quantitative estimate of drug-likeness (QED) is 0.646. The lowest BCUT2D eigenvalue weighted by Gasteiger charge is -2.14. The Balaban J connectivity index is 1.70. The van der Waals surface area contributed by atoms with E-state index in [1.165, 1.54) is 6.92 Å². The summed E-state index contributed by atoms with van der Waals surface area (Å²) in [4.78, 5) is 25.1. The van der Waals surface area contributed by atoms with Crippen molar-refractivity contribution >= 4 is 17.6 Å². The summed E-state index contributed by atoms with van der Waals surface area (Å²) >= 11 is 0. The molecule has 1 amide bonds. The zero-order chi connectivity index (χ0) is 21.0. The van der Waals surface area contributed by atoms with Crippen molar-refractivity contribution in [1.82, 2.24) is 9.78 Å². The van der Waals surface area contributed by atoms with Crippen molar-refractivity contribution in [1.29, 1.82) is 0 Å². The molecule has 0 bridgehead atoms. The fourth-order valence-electron chi connectivity index (χ4n) is 2.95. The number of amides is 1. The first-order valence-electron chi connectivity index (χ1n) is 9.18. The van der Waals surface area contributed by atoms with Crippen LogP contribution in [0.15, 0.2) is 54.6 Å². The van der Waals surface area contributed by atoms with Gasteiger partial charge in [0.15, 0.2) is 6.10 Å². The van der Waals surface area contributed by atoms with Gasteiger partial charge < -0.3 is 14.8 Å². The normalized spacial score (nSPS) is 11.6. The molecule has 1 heterocycles. The molecule has 0 saturated heterocycles. The number of para-hydroxylation sites is 1. The summed E-state index contributed by atoms with van der Waals surface area (Å²) in [6.07, 6.45) is -0.969. The molecule has 3 rings (SSSR count). The second-order valence-electron chi connectivity index (χ2n) is 6.56. The molecule has 1 aromatic heterocycles. The fraction of sp³-hybridized carbons (Fsp3) is 0.227. The van der Waals surface area contributed by atoms with Crippen molar-refractivity contribution in [2.75, 3.05) is 12.4 Å². The standard InChI is InChI=1S/C22H23N3O4/c1-14-20(15(2)25(24-14)18-8-6-5-7-9-18)22(27)29-16(3)21(26)23-17-10-12-19(28-4)13-11-17/h5-13,16H,1-4H3,(H,23,26)/t16-/m1/s1. The van der Waals surface area contributed by atoms with Crippen LogP contribution in [0.4, 0.5) is 5.69 Å². The number of ether oxygens (including phenoxy) is 2. The molecule has 0 unspecified atom stereocenters. The lowest BCUT2D eigenvalue weighted by molar-refractivity contribution is -0.123. The minimum absolute atomic E-state index is 0.359. The Labute approximate surface area is 169 Å². The van der Waals surface area contributed by atoms with Crippen LogP contribution in [0.25, 0.3) is 5.69 Å². The van der Waals surface area contributed by atoms with E-state index in [0.29, 0.717) is 28.4 Å². The molecular weight excluding hydrogens is 370 g/mol. The van der Waals surface area contributed by atoms with Crippen LogP contribution in [-0.2, 0) is 9.53 Å². The molecule has 3 aromatic rings. The number of methoxy groups -OCH3 is 1. The van der Waals surface area contributed by atoms with Crippen molar-refractivity contribution in [2.24, 2.45) is 0 Å². The zero-order valence-corrected chi connectivity index (χ0v) is 16.8. The topological polar surface area (TPSA) is 82.4 Å². The van der Waals surface area contributed by atoms with Crippen LogP contribution in [-0.4, -0.2) is 34.9 Å². The molecule has 7 nitrogen and oxygen atoms in total. The number of benzene rings is 2. The lowest BCUT2D eigenvalue weighted by atomic mass is 10.2. The van der Waals surface area contributed by atoms with Gasteiger partial charge in [-0.15, -0.1) is 0 Å². The number of anilines is 1. The highest BCUT2D eigenvalue weighted by Gasteiger charge is 2.25. The van der Waals surface area contributed by atoms with E-state index in [4.69, 9.17) is 9.47 Å². The first kappa shape index (κ1) is 20.1. The molecule has 0 aliphatic carbocycles. The predicted molar refractivity (Wildman–Crippen MR) is 110 cm³/mol. The number of carbonyl (C=O) groups is 2. The van der Waals surface area contributed by atoms with Gasteiger partial charge in [0.25, 0.3) is 5.91 Å². The molecule has 0 aliphatic heterocycles. The van der Waals surface area contributed by atoms with Gasteiger partial charge in [-0.3, -0.25) is 4.79 Å².